The van der Waals surface area contributed by atoms with Crippen molar-refractivity contribution in [2.45, 2.75) is 38.8 Å². The number of rotatable bonds is 9. The largest absolute Gasteiger partial charge is 0.383 e. The molecule has 188 valence electrons. The van der Waals surface area contributed by atoms with Gasteiger partial charge in [0, 0.05) is 37.5 Å². The van der Waals surface area contributed by atoms with Crippen molar-refractivity contribution < 1.29 is 14.3 Å². The highest BCUT2D eigenvalue weighted by atomic mass is 32.1. The summed E-state index contributed by atoms with van der Waals surface area (Å²) in [5, 5.41) is 17.8. The molecule has 0 saturated carbocycles. The van der Waals surface area contributed by atoms with Crippen LogP contribution in [0.15, 0.2) is 37.1 Å². The third-order valence-electron chi connectivity index (χ3n) is 6.10. The number of hydrogen-bond donors (Lipinski definition) is 3. The number of nitrogens with one attached hydrogen (secondary N) is 3. The number of ether oxygens (including phenoxy) is 1. The molecule has 1 fully saturated rings. The Kier molecular flexibility index (Phi) is 7.07. The van der Waals surface area contributed by atoms with E-state index in [1.807, 2.05) is 24.0 Å². The van der Waals surface area contributed by atoms with Crippen LogP contribution in [0, 0.1) is 6.92 Å². The van der Waals surface area contributed by atoms with Crippen molar-refractivity contribution in [3.63, 3.8) is 0 Å². The Labute approximate surface area is 211 Å². The van der Waals surface area contributed by atoms with Gasteiger partial charge in [-0.25, -0.2) is 4.52 Å². The van der Waals surface area contributed by atoms with Crippen molar-refractivity contribution in [2.24, 2.45) is 0 Å². The van der Waals surface area contributed by atoms with Crippen LogP contribution in [0.25, 0.3) is 15.3 Å². The van der Waals surface area contributed by atoms with Gasteiger partial charge >= 0.3 is 0 Å². The van der Waals surface area contributed by atoms with E-state index in [0.717, 1.165) is 34.7 Å². The number of amides is 2. The summed E-state index contributed by atoms with van der Waals surface area (Å²) in [4.78, 5) is 31.6. The molecule has 12 heteroatoms. The van der Waals surface area contributed by atoms with Gasteiger partial charge < -0.3 is 20.7 Å². The molecule has 3 N–H and O–H groups in total. The van der Waals surface area contributed by atoms with Crippen molar-refractivity contribution in [2.75, 3.05) is 30.9 Å². The van der Waals surface area contributed by atoms with Crippen LogP contribution >= 0.6 is 11.3 Å². The number of thiazole rings is 1. The van der Waals surface area contributed by atoms with Gasteiger partial charge in [0.2, 0.25) is 5.91 Å². The minimum absolute atomic E-state index is 0.0765. The first-order valence-corrected chi connectivity index (χ1v) is 12.6. The second-order valence-electron chi connectivity index (χ2n) is 8.74. The number of carbonyl (C=O) groups excluding carboxylic acids is 2. The molecule has 0 radical (unpaired) electrons. The quantitative estimate of drug-likeness (QED) is 0.317. The van der Waals surface area contributed by atoms with E-state index in [0.29, 0.717) is 42.2 Å². The van der Waals surface area contributed by atoms with Crippen LogP contribution in [0.3, 0.4) is 0 Å². The van der Waals surface area contributed by atoms with Crippen molar-refractivity contribution in [3.8, 4) is 10.4 Å². The maximum atomic E-state index is 13.2. The molecule has 0 aliphatic carbocycles. The van der Waals surface area contributed by atoms with Gasteiger partial charge in [0.25, 0.3) is 5.91 Å². The van der Waals surface area contributed by atoms with Crippen LogP contribution in [-0.2, 0) is 16.1 Å². The second kappa shape index (κ2) is 10.6. The number of aryl methyl sites for hydroxylation is 1. The minimum Gasteiger partial charge on any atom is -0.383 e. The molecule has 11 nitrogen and oxygen atoms in total. The molecule has 0 aromatic carbocycles. The van der Waals surface area contributed by atoms with Gasteiger partial charge in [0.05, 0.1) is 59.3 Å². The average molecular weight is 509 g/mol. The molecule has 2 amide bonds. The van der Waals surface area contributed by atoms with Gasteiger partial charge in [-0.3, -0.25) is 19.3 Å². The number of anilines is 2. The zero-order valence-electron chi connectivity index (χ0n) is 20.2. The summed E-state index contributed by atoms with van der Waals surface area (Å²) in [6.45, 7) is 4.00. The molecule has 0 spiro atoms. The third kappa shape index (κ3) is 5.30. The lowest BCUT2D eigenvalue weighted by molar-refractivity contribution is -0.116. The lowest BCUT2D eigenvalue weighted by atomic mass is 10.1. The van der Waals surface area contributed by atoms with E-state index in [4.69, 9.17) is 4.74 Å². The van der Waals surface area contributed by atoms with E-state index in [-0.39, 0.29) is 17.9 Å². The fraction of sp³-hybridized carbons (Fsp3) is 0.375. The van der Waals surface area contributed by atoms with Crippen LogP contribution < -0.4 is 16.0 Å². The number of carbonyl (C=O) groups is 2. The minimum atomic E-state index is -0.294. The normalized spacial score (nSPS) is 15.4. The first-order valence-electron chi connectivity index (χ1n) is 11.8. The third-order valence-corrected chi connectivity index (χ3v) is 7.26. The predicted molar refractivity (Wildman–Crippen MR) is 137 cm³/mol. The monoisotopic (exact) mass is 508 g/mol. The fourth-order valence-electron chi connectivity index (χ4n) is 4.16. The highest BCUT2D eigenvalue weighted by Crippen LogP contribution is 2.31. The standard InChI is InChI=1S/C24H28N8O3S/c1-15-20(8-18(11-26-15)29-22(33)9-17-4-3-5-25-17)30-23(34)19-12-28-32-14-21(36-24(19)32)16-10-27-31(13-16)6-7-35-2/h8,10-14,17,25H,3-7,9H2,1-2H3,(H,29,33)(H,30,34)/t17-/m1/s1. The summed E-state index contributed by atoms with van der Waals surface area (Å²) in [7, 11) is 1.66. The lowest BCUT2D eigenvalue weighted by Gasteiger charge is -2.12. The molecule has 4 aromatic rings. The molecule has 1 atom stereocenters. The number of fused-ring (bicyclic) bond motifs is 1. The summed E-state index contributed by atoms with van der Waals surface area (Å²) < 4.78 is 8.62. The maximum Gasteiger partial charge on any atom is 0.260 e. The van der Waals surface area contributed by atoms with Crippen LogP contribution in [0.2, 0.25) is 0 Å². The SMILES string of the molecule is COCCn1cc(-c2cn3ncc(C(=O)Nc4cc(NC(=O)C[C@H]5CCCN5)cnc4C)c3s2)cn1. The van der Waals surface area contributed by atoms with Gasteiger partial charge in [-0.05, 0) is 32.4 Å². The summed E-state index contributed by atoms with van der Waals surface area (Å²) in [6, 6.07) is 1.94. The van der Waals surface area contributed by atoms with Crippen molar-refractivity contribution >= 4 is 39.4 Å². The van der Waals surface area contributed by atoms with E-state index >= 15 is 0 Å². The van der Waals surface area contributed by atoms with Crippen LogP contribution in [0.1, 0.15) is 35.3 Å². The van der Waals surface area contributed by atoms with Gasteiger partial charge in [0.15, 0.2) is 0 Å². The average Bonchev–Trinajstić information content (AvgIpc) is 3.64. The lowest BCUT2D eigenvalue weighted by Crippen LogP contribution is -2.27. The molecule has 5 heterocycles. The summed E-state index contributed by atoms with van der Waals surface area (Å²) in [5.74, 6) is -0.370. The summed E-state index contributed by atoms with van der Waals surface area (Å²) >= 11 is 1.47. The molecule has 1 aliphatic heterocycles. The highest BCUT2D eigenvalue weighted by molar-refractivity contribution is 7.21. The van der Waals surface area contributed by atoms with E-state index in [2.05, 4.69) is 31.1 Å². The number of pyridine rings is 1. The van der Waals surface area contributed by atoms with Crippen LogP contribution in [0.4, 0.5) is 11.4 Å². The zero-order valence-corrected chi connectivity index (χ0v) is 21.0. The summed E-state index contributed by atoms with van der Waals surface area (Å²) in [5.41, 5.74) is 3.14. The molecular formula is C24H28N8O3S. The number of methoxy groups -OCH3 is 1. The number of nitrogens with zero attached hydrogens (tertiary/aromatic N) is 5. The Morgan fingerprint density at radius 2 is 2.11 bits per heavy atom. The molecular weight excluding hydrogens is 480 g/mol. The van der Waals surface area contributed by atoms with Gasteiger partial charge in [0.1, 0.15) is 4.83 Å². The topological polar surface area (TPSA) is 127 Å². The molecule has 36 heavy (non-hydrogen) atoms. The highest BCUT2D eigenvalue weighted by Gasteiger charge is 2.20. The van der Waals surface area contributed by atoms with Crippen LogP contribution in [0.5, 0.6) is 0 Å². The first-order chi connectivity index (χ1) is 17.5. The van der Waals surface area contributed by atoms with Crippen molar-refractivity contribution in [1.82, 2.24) is 29.7 Å². The predicted octanol–water partition coefficient (Wildman–Crippen LogP) is 2.94. The number of aromatic nitrogens is 5. The van der Waals surface area contributed by atoms with Gasteiger partial charge in [-0.15, -0.1) is 11.3 Å². The summed E-state index contributed by atoms with van der Waals surface area (Å²) in [6.07, 6.45) is 11.3. The molecule has 1 saturated heterocycles. The molecule has 4 aromatic heterocycles. The Balaban J connectivity index is 1.29. The second-order valence-corrected chi connectivity index (χ2v) is 9.78. The van der Waals surface area contributed by atoms with Gasteiger partial charge in [-0.1, -0.05) is 0 Å². The van der Waals surface area contributed by atoms with Crippen molar-refractivity contribution in [1.29, 1.82) is 0 Å². The first kappa shape index (κ1) is 24.1. The zero-order chi connectivity index (χ0) is 25.1. The van der Waals surface area contributed by atoms with E-state index in [9.17, 15) is 9.59 Å². The van der Waals surface area contributed by atoms with E-state index in [1.165, 1.54) is 11.3 Å². The molecule has 0 bridgehead atoms. The fourth-order valence-corrected chi connectivity index (χ4v) is 5.19. The van der Waals surface area contributed by atoms with E-state index in [1.54, 1.807) is 36.3 Å². The van der Waals surface area contributed by atoms with Crippen molar-refractivity contribution in [3.05, 3.63) is 48.3 Å². The smallest absolute Gasteiger partial charge is 0.260 e. The maximum absolute atomic E-state index is 13.2. The van der Waals surface area contributed by atoms with Crippen LogP contribution in [-0.4, -0.2) is 62.5 Å². The molecule has 1 aliphatic rings. The Morgan fingerprint density at radius 1 is 1.22 bits per heavy atom. The Morgan fingerprint density at radius 3 is 2.92 bits per heavy atom. The Bertz CT molecular complexity index is 1390. The number of hydrogen-bond acceptors (Lipinski definition) is 8. The van der Waals surface area contributed by atoms with E-state index < -0.39 is 0 Å². The molecule has 5 rings (SSSR count). The van der Waals surface area contributed by atoms with Gasteiger partial charge in [-0.2, -0.15) is 10.2 Å². The molecule has 0 unspecified atom stereocenters. The Hall–Kier alpha value is -3.61.